The maximum atomic E-state index is 12.6. The quantitative estimate of drug-likeness (QED) is 0.298. The fourth-order valence-corrected chi connectivity index (χ4v) is 7.85. The highest BCUT2D eigenvalue weighted by Gasteiger charge is 2.21. The van der Waals surface area contributed by atoms with Crippen molar-refractivity contribution in [3.63, 3.8) is 0 Å². The summed E-state index contributed by atoms with van der Waals surface area (Å²) in [6.45, 7) is 4.16. The number of esters is 1. The molecule has 0 saturated heterocycles. The van der Waals surface area contributed by atoms with Gasteiger partial charge in [0.25, 0.3) is 0 Å². The lowest BCUT2D eigenvalue weighted by Crippen LogP contribution is -2.31. The number of thioether (sulfide) groups is 1. The van der Waals surface area contributed by atoms with Crippen LogP contribution in [0.1, 0.15) is 39.5 Å². The molecule has 0 fully saturated rings. The lowest BCUT2D eigenvalue weighted by molar-refractivity contribution is -0.140. The van der Waals surface area contributed by atoms with Gasteiger partial charge in [-0.25, -0.2) is 4.98 Å². The number of aromatic nitrogens is 1. The largest absolute Gasteiger partial charge is 0.464 e. The van der Waals surface area contributed by atoms with Crippen LogP contribution in [0, 0.1) is 0 Å². The van der Waals surface area contributed by atoms with Crippen molar-refractivity contribution < 1.29 is 17.9 Å². The van der Waals surface area contributed by atoms with Crippen LogP contribution in [0.15, 0.2) is 28.6 Å². The van der Waals surface area contributed by atoms with Crippen LogP contribution in [0.3, 0.4) is 0 Å². The minimum atomic E-state index is -1.14. The van der Waals surface area contributed by atoms with E-state index in [2.05, 4.69) is 11.9 Å². The lowest BCUT2D eigenvalue weighted by Gasteiger charge is -2.16. The third-order valence-corrected chi connectivity index (χ3v) is 9.81. The predicted octanol–water partition coefficient (Wildman–Crippen LogP) is 4.40. The van der Waals surface area contributed by atoms with Crippen LogP contribution in [0.5, 0.6) is 0 Å². The van der Waals surface area contributed by atoms with Crippen molar-refractivity contribution in [2.75, 3.05) is 29.6 Å². The standard InChI is InChI=1S/C20H29NO4S4/c1-3-5-11-28(23)15-16(29(24)12-6-4-2)13-25-19(22)14-26-20-21-17-9-7-8-10-18(17)27-20/h7-10,16H,3-6,11-15H2,1-2H3. The first-order valence-electron chi connectivity index (χ1n) is 9.89. The Morgan fingerprint density at radius 2 is 1.90 bits per heavy atom. The number of para-hydroxylation sites is 1. The summed E-state index contributed by atoms with van der Waals surface area (Å²) < 4.78 is 32.1. The molecule has 5 nitrogen and oxygen atoms in total. The van der Waals surface area contributed by atoms with E-state index in [4.69, 9.17) is 4.74 Å². The molecule has 0 aliphatic carbocycles. The van der Waals surface area contributed by atoms with E-state index in [1.165, 1.54) is 11.8 Å². The maximum Gasteiger partial charge on any atom is 0.316 e. The topological polar surface area (TPSA) is 73.3 Å². The molecule has 1 aromatic heterocycles. The summed E-state index contributed by atoms with van der Waals surface area (Å²) in [7, 11) is -2.17. The molecule has 0 aliphatic heterocycles. The minimum Gasteiger partial charge on any atom is -0.464 e. The van der Waals surface area contributed by atoms with Crippen molar-refractivity contribution in [1.29, 1.82) is 0 Å². The number of benzene rings is 1. The molecule has 0 radical (unpaired) electrons. The summed E-state index contributed by atoms with van der Waals surface area (Å²) in [5, 5.41) is -0.365. The van der Waals surface area contributed by atoms with Gasteiger partial charge in [0.15, 0.2) is 4.34 Å². The summed E-state index contributed by atoms with van der Waals surface area (Å²) in [6, 6.07) is 7.86. The van der Waals surface area contributed by atoms with Crippen molar-refractivity contribution >= 4 is 60.9 Å². The van der Waals surface area contributed by atoms with E-state index in [-0.39, 0.29) is 23.6 Å². The van der Waals surface area contributed by atoms with Crippen LogP contribution in [0.2, 0.25) is 0 Å². The van der Waals surface area contributed by atoms with Crippen molar-refractivity contribution in [2.45, 2.75) is 49.1 Å². The van der Waals surface area contributed by atoms with Gasteiger partial charge in [-0.15, -0.1) is 11.3 Å². The third-order valence-electron chi connectivity index (χ3n) is 4.19. The lowest BCUT2D eigenvalue weighted by atomic mass is 10.3. The van der Waals surface area contributed by atoms with Crippen LogP contribution in [-0.4, -0.2) is 54.2 Å². The predicted molar refractivity (Wildman–Crippen MR) is 126 cm³/mol. The average Bonchev–Trinajstić information content (AvgIpc) is 3.14. The number of hydrogen-bond acceptors (Lipinski definition) is 7. The van der Waals surface area contributed by atoms with Crippen LogP contribution in [0.25, 0.3) is 10.2 Å². The molecule has 162 valence electrons. The Morgan fingerprint density at radius 1 is 1.17 bits per heavy atom. The summed E-state index contributed by atoms with van der Waals surface area (Å²) in [5.41, 5.74) is 0.925. The molecule has 2 rings (SSSR count). The zero-order chi connectivity index (χ0) is 21.1. The van der Waals surface area contributed by atoms with Gasteiger partial charge < -0.3 is 4.74 Å². The van der Waals surface area contributed by atoms with Gasteiger partial charge >= 0.3 is 5.97 Å². The Morgan fingerprint density at radius 3 is 2.62 bits per heavy atom. The number of rotatable bonds is 14. The second-order valence-electron chi connectivity index (χ2n) is 6.64. The number of unbranched alkanes of at least 4 members (excludes halogenated alkanes) is 2. The van der Waals surface area contributed by atoms with Crippen LogP contribution < -0.4 is 0 Å². The number of carbonyl (C=O) groups excluding carboxylic acids is 1. The van der Waals surface area contributed by atoms with Gasteiger partial charge in [-0.3, -0.25) is 13.2 Å². The molecule has 0 saturated carbocycles. The molecular weight excluding hydrogens is 446 g/mol. The van der Waals surface area contributed by atoms with E-state index in [0.29, 0.717) is 17.3 Å². The maximum absolute atomic E-state index is 12.6. The van der Waals surface area contributed by atoms with Gasteiger partial charge in [0.1, 0.15) is 6.61 Å². The number of hydrogen-bond donors (Lipinski definition) is 0. The minimum absolute atomic E-state index is 0.0629. The highest BCUT2D eigenvalue weighted by atomic mass is 32.2. The van der Waals surface area contributed by atoms with Crippen molar-refractivity contribution in [3.8, 4) is 0 Å². The van der Waals surface area contributed by atoms with Gasteiger partial charge in [-0.1, -0.05) is 50.6 Å². The average molecular weight is 476 g/mol. The fraction of sp³-hybridized carbons (Fsp3) is 0.600. The third kappa shape index (κ3) is 8.86. The Hall–Kier alpha value is -0.770. The van der Waals surface area contributed by atoms with Crippen molar-refractivity contribution in [1.82, 2.24) is 4.98 Å². The Labute approximate surface area is 186 Å². The van der Waals surface area contributed by atoms with Gasteiger partial charge in [0.2, 0.25) is 0 Å². The normalized spacial score (nSPS) is 14.6. The van der Waals surface area contributed by atoms with E-state index in [9.17, 15) is 13.2 Å². The monoisotopic (exact) mass is 475 g/mol. The van der Waals surface area contributed by atoms with Gasteiger partial charge in [0.05, 0.1) is 21.2 Å². The molecule has 9 heteroatoms. The van der Waals surface area contributed by atoms with Crippen LogP contribution in [-0.2, 0) is 31.1 Å². The zero-order valence-corrected chi connectivity index (χ0v) is 20.2. The summed E-state index contributed by atoms with van der Waals surface area (Å²) in [6.07, 6.45) is 3.68. The van der Waals surface area contributed by atoms with E-state index in [0.717, 1.165) is 40.2 Å². The number of carbonyl (C=O) groups is 1. The highest BCUT2D eigenvalue weighted by Crippen LogP contribution is 2.29. The van der Waals surface area contributed by atoms with Crippen molar-refractivity contribution in [3.05, 3.63) is 24.3 Å². The number of ether oxygens (including phenoxy) is 1. The number of nitrogens with zero attached hydrogens (tertiary/aromatic N) is 1. The van der Waals surface area contributed by atoms with E-state index >= 15 is 0 Å². The first kappa shape index (κ1) is 24.5. The zero-order valence-electron chi connectivity index (χ0n) is 17.0. The molecule has 0 spiro atoms. The smallest absolute Gasteiger partial charge is 0.316 e. The highest BCUT2D eigenvalue weighted by molar-refractivity contribution is 8.01. The van der Waals surface area contributed by atoms with Gasteiger partial charge in [-0.05, 0) is 25.0 Å². The molecular formula is C20H29NO4S4. The number of fused-ring (bicyclic) bond motifs is 1. The Balaban J connectivity index is 1.84. The van der Waals surface area contributed by atoms with E-state index in [1.807, 2.05) is 31.2 Å². The SMILES string of the molecule is CCCCS(=O)CC(COC(=O)CSc1nc2ccccc2s1)S(=O)CCCC. The molecule has 0 aliphatic rings. The van der Waals surface area contributed by atoms with Crippen LogP contribution >= 0.6 is 23.1 Å². The summed E-state index contributed by atoms with van der Waals surface area (Å²) in [5.74, 6) is 1.30. The second kappa shape index (κ2) is 13.5. The second-order valence-corrected chi connectivity index (χ2v) is 12.4. The molecule has 0 bridgehead atoms. The molecule has 2 aromatic rings. The molecule has 3 atom stereocenters. The van der Waals surface area contributed by atoms with Crippen molar-refractivity contribution in [2.24, 2.45) is 0 Å². The summed E-state index contributed by atoms with van der Waals surface area (Å²) in [4.78, 5) is 16.7. The first-order valence-corrected chi connectivity index (χ1v) is 14.6. The molecule has 3 unspecified atom stereocenters. The molecule has 1 aromatic carbocycles. The van der Waals surface area contributed by atoms with Gasteiger partial charge in [0, 0.05) is 38.9 Å². The molecule has 1 heterocycles. The molecule has 29 heavy (non-hydrogen) atoms. The van der Waals surface area contributed by atoms with Gasteiger partial charge in [-0.2, -0.15) is 0 Å². The number of thiazole rings is 1. The Kier molecular flexibility index (Phi) is 11.4. The van der Waals surface area contributed by atoms with Crippen LogP contribution in [0.4, 0.5) is 0 Å². The molecule has 0 amide bonds. The summed E-state index contributed by atoms with van der Waals surface area (Å²) >= 11 is 2.90. The fourth-order valence-electron chi connectivity index (χ4n) is 2.51. The first-order chi connectivity index (χ1) is 14.0. The van der Waals surface area contributed by atoms with E-state index in [1.54, 1.807) is 11.3 Å². The Bertz CT molecular complexity index is 791. The van der Waals surface area contributed by atoms with E-state index < -0.39 is 21.6 Å². The molecule has 0 N–H and O–H groups in total.